The molecule has 8 heteroatoms. The summed E-state index contributed by atoms with van der Waals surface area (Å²) in [5.41, 5.74) is 0. The zero-order chi connectivity index (χ0) is 15.8. The van der Waals surface area contributed by atoms with Crippen molar-refractivity contribution < 1.29 is 38.6 Å². The van der Waals surface area contributed by atoms with Crippen molar-refractivity contribution in [1.82, 2.24) is 5.06 Å². The number of hydrogen-bond donors (Lipinski definition) is 0. The molecule has 20 heavy (non-hydrogen) atoms. The van der Waals surface area contributed by atoms with E-state index in [-0.39, 0.29) is 31.9 Å². The maximum absolute atomic E-state index is 13.2. The van der Waals surface area contributed by atoms with Gasteiger partial charge in [-0.1, -0.05) is 0 Å². The fourth-order valence-corrected chi connectivity index (χ4v) is 5.41. The zero-order valence-corrected chi connectivity index (χ0v) is 15.2. The molecule has 0 aliphatic heterocycles. The molecule has 0 bridgehead atoms. The van der Waals surface area contributed by atoms with Gasteiger partial charge in [0.2, 0.25) is 0 Å². The van der Waals surface area contributed by atoms with E-state index in [1.54, 1.807) is 20.8 Å². The molecule has 0 spiro atoms. The minimum absolute atomic E-state index is 0.0295. The van der Waals surface area contributed by atoms with E-state index in [0.29, 0.717) is 0 Å². The maximum atomic E-state index is 13.2. The van der Waals surface area contributed by atoms with Gasteiger partial charge in [-0.25, -0.2) is 0 Å². The van der Waals surface area contributed by atoms with Gasteiger partial charge in [-0.05, 0) is 0 Å². The van der Waals surface area contributed by atoms with Gasteiger partial charge in [-0.3, -0.25) is 0 Å². The van der Waals surface area contributed by atoms with Crippen molar-refractivity contribution >= 4 is 0 Å². The predicted molar refractivity (Wildman–Crippen MR) is 69.8 cm³/mol. The topological polar surface area (TPSA) is 66.5 Å². The summed E-state index contributed by atoms with van der Waals surface area (Å²) < 4.78 is 34.4. The van der Waals surface area contributed by atoms with E-state index in [1.165, 1.54) is 5.06 Å². The molecule has 0 rings (SSSR count). The van der Waals surface area contributed by atoms with Crippen molar-refractivity contribution in [3.8, 4) is 0 Å². The summed E-state index contributed by atoms with van der Waals surface area (Å²) >= 11 is -5.82. The number of rotatable bonds is 11. The molecule has 0 aromatic rings. The molecule has 0 N–H and O–H groups in total. The van der Waals surface area contributed by atoms with Crippen molar-refractivity contribution in [3.05, 3.63) is 0 Å². The van der Waals surface area contributed by atoms with Crippen molar-refractivity contribution in [2.45, 2.75) is 60.5 Å². The summed E-state index contributed by atoms with van der Waals surface area (Å²) in [6.07, 6.45) is 0. The third-order valence-corrected chi connectivity index (χ3v) is 6.12. The Morgan fingerprint density at radius 2 is 1.35 bits per heavy atom. The Morgan fingerprint density at radius 3 is 1.65 bits per heavy atom. The molecular weight excluding hydrogens is 302 g/mol. The van der Waals surface area contributed by atoms with Crippen LogP contribution in [0.2, 0.25) is 0 Å². The van der Waals surface area contributed by atoms with Crippen LogP contribution in [0.1, 0.15) is 48.5 Å². The fourth-order valence-electron chi connectivity index (χ4n) is 1.76. The summed E-state index contributed by atoms with van der Waals surface area (Å²) in [6.45, 7) is 13.2. The molecule has 7 nitrogen and oxygen atoms in total. The molecule has 0 atom stereocenters. The molecule has 0 aliphatic rings. The Bertz CT molecular complexity index is 316. The predicted octanol–water partition coefficient (Wildman–Crippen LogP) is 2.77. The fraction of sp³-hybridized carbons (Fsp3) is 1.00. The van der Waals surface area contributed by atoms with Crippen LogP contribution in [0.3, 0.4) is 0 Å². The molecule has 0 heterocycles. The second-order valence-corrected chi connectivity index (χ2v) is 8.88. The van der Waals surface area contributed by atoms with Gasteiger partial charge in [-0.15, -0.1) is 0 Å². The first-order valence-corrected chi connectivity index (χ1v) is 10.4. The summed E-state index contributed by atoms with van der Waals surface area (Å²) in [5, 5.41) is 1.54. The van der Waals surface area contributed by atoms with E-state index in [0.717, 1.165) is 0 Å². The van der Waals surface area contributed by atoms with Crippen molar-refractivity contribution in [3.63, 3.8) is 0 Å². The molecule has 0 fully saturated rings. The summed E-state index contributed by atoms with van der Waals surface area (Å²) in [5.74, 6) is 0. The molecule has 0 unspecified atom stereocenters. The molecule has 0 amide bonds. The van der Waals surface area contributed by atoms with Crippen molar-refractivity contribution in [2.24, 2.45) is 0 Å². The molecule has 0 saturated carbocycles. The first-order chi connectivity index (χ1) is 9.22. The first-order valence-electron chi connectivity index (χ1n) is 7.18. The Kier molecular flexibility index (Phi) is 8.77. The van der Waals surface area contributed by atoms with Crippen LogP contribution in [0.5, 0.6) is 0 Å². The van der Waals surface area contributed by atoms with E-state index >= 15 is 0 Å². The summed E-state index contributed by atoms with van der Waals surface area (Å²) in [4.78, 5) is 4.84. The molecular formula is C12H29NO6Ti. The first kappa shape index (κ1) is 20.3. The van der Waals surface area contributed by atoms with Crippen LogP contribution in [-0.2, 0) is 38.6 Å². The molecule has 0 aliphatic carbocycles. The van der Waals surface area contributed by atoms with Gasteiger partial charge in [0.25, 0.3) is 0 Å². The second-order valence-electron chi connectivity index (χ2n) is 4.83. The van der Waals surface area contributed by atoms with Crippen molar-refractivity contribution in [1.29, 1.82) is 0 Å². The number of hydroxylamine groups is 2. The average molecular weight is 331 g/mol. The van der Waals surface area contributed by atoms with Gasteiger partial charge in [0.05, 0.1) is 0 Å². The summed E-state index contributed by atoms with van der Waals surface area (Å²) in [6, 6.07) is -0.0591. The molecule has 122 valence electrons. The van der Waals surface area contributed by atoms with Crippen LogP contribution in [0, 0.1) is 0 Å². The molecule has 0 saturated heterocycles. The number of nitrogens with zero attached hydrogens (tertiary/aromatic N) is 1. The van der Waals surface area contributed by atoms with Gasteiger partial charge >= 0.3 is 124 Å². The second kappa shape index (κ2) is 8.65. The van der Waals surface area contributed by atoms with Crippen LogP contribution in [0.25, 0.3) is 0 Å². The van der Waals surface area contributed by atoms with Gasteiger partial charge in [0.1, 0.15) is 0 Å². The van der Waals surface area contributed by atoms with Crippen molar-refractivity contribution in [2.75, 3.05) is 19.8 Å². The van der Waals surface area contributed by atoms with E-state index < -0.39 is 16.8 Å². The van der Waals surface area contributed by atoms with E-state index in [2.05, 4.69) is 0 Å². The molecule has 0 aromatic heterocycles. The zero-order valence-electron chi connectivity index (χ0n) is 13.7. The Hall–Kier alpha value is 0.274. The van der Waals surface area contributed by atoms with E-state index in [1.807, 2.05) is 27.7 Å². The Morgan fingerprint density at radius 1 is 0.900 bits per heavy atom. The average Bonchev–Trinajstić information content (AvgIpc) is 2.34. The van der Waals surface area contributed by atoms with Gasteiger partial charge in [-0.2, -0.15) is 0 Å². The monoisotopic (exact) mass is 331 g/mol. The van der Waals surface area contributed by atoms with Crippen LogP contribution < -0.4 is 0 Å². The SMILES string of the molecule is CCO[O][Ti](=[O])([O]CC)([O]CC)[O]N(C(C)C)C(C)C. The van der Waals surface area contributed by atoms with E-state index in [4.69, 9.17) is 18.4 Å². The standard InChI is InChI=1S/C6H14NO.C2H6O2.2C2H5O.O.Ti/c1-5(2)7(8)6(3)4;1-2-4-3;2*1-2-3;;/h5-6H,1-4H3;3H,2H2,1H3;2*2H2,1H3;;/q-1;;2*-1;;+4/p-1. The van der Waals surface area contributed by atoms with Gasteiger partial charge in [0, 0.05) is 0 Å². The summed E-state index contributed by atoms with van der Waals surface area (Å²) in [7, 11) is 0. The third-order valence-electron chi connectivity index (χ3n) is 2.35. The van der Waals surface area contributed by atoms with Crippen LogP contribution in [0.15, 0.2) is 0 Å². The van der Waals surface area contributed by atoms with Crippen LogP contribution >= 0.6 is 0 Å². The number of hydrogen-bond acceptors (Lipinski definition) is 7. The minimum atomic E-state index is -5.82. The van der Waals surface area contributed by atoms with Crippen LogP contribution in [-0.4, -0.2) is 37.0 Å². The molecule has 0 aromatic carbocycles. The molecule has 0 radical (unpaired) electrons. The quantitative estimate of drug-likeness (QED) is 0.328. The normalized spacial score (nSPS) is 13.8. The van der Waals surface area contributed by atoms with Crippen LogP contribution in [0.4, 0.5) is 0 Å². The third kappa shape index (κ3) is 5.95. The Balaban J connectivity index is 5.41. The van der Waals surface area contributed by atoms with Gasteiger partial charge < -0.3 is 0 Å². The van der Waals surface area contributed by atoms with Gasteiger partial charge in [0.15, 0.2) is 0 Å². The van der Waals surface area contributed by atoms with E-state index in [9.17, 15) is 3.32 Å². The Labute approximate surface area is 124 Å².